The summed E-state index contributed by atoms with van der Waals surface area (Å²) in [5.41, 5.74) is 10.6. The molecule has 0 aliphatic carbocycles. The van der Waals surface area contributed by atoms with Crippen molar-refractivity contribution in [3.05, 3.63) is 90.0 Å². The molecule has 0 saturated heterocycles. The highest BCUT2D eigenvalue weighted by Crippen LogP contribution is 2.46. The Bertz CT molecular complexity index is 1300. The van der Waals surface area contributed by atoms with E-state index in [2.05, 4.69) is 16.0 Å². The molecule has 0 amide bonds. The maximum absolute atomic E-state index is 9.93. The Kier molecular flexibility index (Phi) is 4.49. The number of pyridine rings is 1. The minimum Gasteiger partial charge on any atom is -0.422 e. The molecule has 0 bridgehead atoms. The first-order chi connectivity index (χ1) is 15.2. The molecule has 4 heterocycles. The number of nitrogens with two attached hydrogens (primary N) is 1. The van der Waals surface area contributed by atoms with Crippen molar-refractivity contribution in [3.8, 4) is 29.0 Å². The van der Waals surface area contributed by atoms with Crippen molar-refractivity contribution in [3.63, 3.8) is 0 Å². The molecule has 2 N–H and O–H groups in total. The highest BCUT2D eigenvalue weighted by atomic mass is 16.5. The van der Waals surface area contributed by atoms with Gasteiger partial charge in [0.05, 0.1) is 23.5 Å². The fourth-order valence-electron chi connectivity index (χ4n) is 3.88. The average Bonchev–Trinajstić information content (AvgIpc) is 3.47. The number of allylic oxidation sites excluding steroid dienone is 1. The number of aromatic nitrogens is 5. The normalized spacial score (nSPS) is 15.3. The lowest BCUT2D eigenvalue weighted by atomic mass is 9.83. The lowest BCUT2D eigenvalue weighted by Crippen LogP contribution is -2.22. The molecular formula is C23H19N7O. The third-order valence-corrected chi connectivity index (χ3v) is 5.35. The van der Waals surface area contributed by atoms with Gasteiger partial charge in [-0.15, -0.1) is 0 Å². The van der Waals surface area contributed by atoms with E-state index in [-0.39, 0.29) is 5.88 Å². The molecule has 8 nitrogen and oxygen atoms in total. The fourth-order valence-corrected chi connectivity index (χ4v) is 3.88. The van der Waals surface area contributed by atoms with Crippen molar-refractivity contribution in [1.29, 1.82) is 5.26 Å². The van der Waals surface area contributed by atoms with Crippen molar-refractivity contribution >= 4 is 0 Å². The van der Waals surface area contributed by atoms with Crippen LogP contribution in [0.2, 0.25) is 0 Å². The zero-order valence-electron chi connectivity index (χ0n) is 16.8. The summed E-state index contributed by atoms with van der Waals surface area (Å²) in [6.07, 6.45) is 7.07. The van der Waals surface area contributed by atoms with Crippen LogP contribution in [0.15, 0.2) is 78.8 Å². The Morgan fingerprint density at radius 3 is 2.65 bits per heavy atom. The second-order valence-electron chi connectivity index (χ2n) is 7.08. The average molecular weight is 409 g/mol. The van der Waals surface area contributed by atoms with E-state index in [9.17, 15) is 5.26 Å². The molecule has 5 rings (SSSR count). The molecule has 1 aliphatic rings. The molecule has 8 heteroatoms. The van der Waals surface area contributed by atoms with Crippen LogP contribution in [0.4, 0.5) is 0 Å². The number of rotatable bonds is 4. The summed E-state index contributed by atoms with van der Waals surface area (Å²) >= 11 is 0. The van der Waals surface area contributed by atoms with E-state index in [1.165, 1.54) is 0 Å². The number of nitrogens with zero attached hydrogens (tertiary/aromatic N) is 6. The van der Waals surface area contributed by atoms with Gasteiger partial charge in [-0.25, -0.2) is 9.67 Å². The van der Waals surface area contributed by atoms with Crippen LogP contribution in [0.25, 0.3) is 17.1 Å². The lowest BCUT2D eigenvalue weighted by Gasteiger charge is -2.25. The molecule has 31 heavy (non-hydrogen) atoms. The van der Waals surface area contributed by atoms with Crippen LogP contribution < -0.4 is 10.5 Å². The molecule has 4 aromatic rings. The predicted octanol–water partition coefficient (Wildman–Crippen LogP) is 3.37. The first kappa shape index (κ1) is 18.6. The summed E-state index contributed by atoms with van der Waals surface area (Å²) in [6.45, 7) is 2.57. The summed E-state index contributed by atoms with van der Waals surface area (Å²) in [4.78, 5) is 8.57. The molecule has 1 aromatic carbocycles. The van der Waals surface area contributed by atoms with Gasteiger partial charge in [0.15, 0.2) is 0 Å². The summed E-state index contributed by atoms with van der Waals surface area (Å²) < 4.78 is 9.57. The second-order valence-corrected chi connectivity index (χ2v) is 7.08. The standard InChI is InChI=1S/C23H19N7O/c1-2-30-23-20(21(28-30)18-5-3-4-10-27-18)19(17(13-24)22(25)31-23)15-6-8-16(9-7-15)29-12-11-26-14-29/h3-12,14,19H,2,25H2,1H3. The zero-order chi connectivity index (χ0) is 21.4. The van der Waals surface area contributed by atoms with E-state index < -0.39 is 5.92 Å². The number of ether oxygens (including phenoxy) is 1. The molecule has 1 unspecified atom stereocenters. The summed E-state index contributed by atoms with van der Waals surface area (Å²) in [5, 5.41) is 14.7. The van der Waals surface area contributed by atoms with Gasteiger partial charge in [0, 0.05) is 30.8 Å². The highest BCUT2D eigenvalue weighted by Gasteiger charge is 2.37. The third kappa shape index (κ3) is 3.04. The molecule has 3 aromatic heterocycles. The summed E-state index contributed by atoms with van der Waals surface area (Å²) in [6, 6.07) is 15.9. The molecule has 0 fully saturated rings. The lowest BCUT2D eigenvalue weighted by molar-refractivity contribution is 0.350. The van der Waals surface area contributed by atoms with E-state index in [0.717, 1.165) is 16.8 Å². The van der Waals surface area contributed by atoms with Gasteiger partial charge in [-0.1, -0.05) is 18.2 Å². The van der Waals surface area contributed by atoms with Gasteiger partial charge >= 0.3 is 0 Å². The first-order valence-electron chi connectivity index (χ1n) is 9.89. The van der Waals surface area contributed by atoms with Crippen LogP contribution in [-0.2, 0) is 6.54 Å². The quantitative estimate of drug-likeness (QED) is 0.554. The number of nitriles is 1. The van der Waals surface area contributed by atoms with Crippen LogP contribution in [0, 0.1) is 11.3 Å². The van der Waals surface area contributed by atoms with Gasteiger partial charge in [-0.3, -0.25) is 4.98 Å². The van der Waals surface area contributed by atoms with Crippen LogP contribution >= 0.6 is 0 Å². The molecule has 1 atom stereocenters. The number of aryl methyl sites for hydroxylation is 1. The molecule has 1 aliphatic heterocycles. The largest absolute Gasteiger partial charge is 0.422 e. The number of fused-ring (bicyclic) bond motifs is 1. The Morgan fingerprint density at radius 1 is 1.16 bits per heavy atom. The van der Waals surface area contributed by atoms with E-state index in [1.54, 1.807) is 23.4 Å². The summed E-state index contributed by atoms with van der Waals surface area (Å²) in [7, 11) is 0. The Morgan fingerprint density at radius 2 is 2.00 bits per heavy atom. The number of hydrogen-bond donors (Lipinski definition) is 1. The van der Waals surface area contributed by atoms with Crippen molar-refractivity contribution in [2.45, 2.75) is 19.4 Å². The first-order valence-corrected chi connectivity index (χ1v) is 9.89. The Balaban J connectivity index is 1.70. The number of hydrogen-bond acceptors (Lipinski definition) is 6. The second kappa shape index (κ2) is 7.46. The van der Waals surface area contributed by atoms with Crippen LogP contribution in [0.3, 0.4) is 0 Å². The van der Waals surface area contributed by atoms with Gasteiger partial charge < -0.3 is 15.0 Å². The highest BCUT2D eigenvalue weighted by molar-refractivity contribution is 5.69. The molecule has 0 saturated carbocycles. The molecule has 0 radical (unpaired) electrons. The molecule has 0 spiro atoms. The number of imidazole rings is 1. The monoisotopic (exact) mass is 409 g/mol. The minimum atomic E-state index is -0.414. The maximum Gasteiger partial charge on any atom is 0.224 e. The van der Waals surface area contributed by atoms with Crippen LogP contribution in [0.5, 0.6) is 5.88 Å². The van der Waals surface area contributed by atoms with Gasteiger partial charge in [0.25, 0.3) is 0 Å². The topological polar surface area (TPSA) is 108 Å². The zero-order valence-corrected chi connectivity index (χ0v) is 16.8. The van der Waals surface area contributed by atoms with Crippen molar-refractivity contribution in [2.75, 3.05) is 0 Å². The van der Waals surface area contributed by atoms with Gasteiger partial charge in [-0.05, 0) is 36.8 Å². The Labute approximate surface area is 178 Å². The van der Waals surface area contributed by atoms with Crippen LogP contribution in [0.1, 0.15) is 24.0 Å². The summed E-state index contributed by atoms with van der Waals surface area (Å²) in [5.74, 6) is 0.229. The molecular weight excluding hydrogens is 390 g/mol. The van der Waals surface area contributed by atoms with E-state index in [1.807, 2.05) is 60.2 Å². The minimum absolute atomic E-state index is 0.0980. The SMILES string of the molecule is CCn1nc(-c2ccccn2)c2c1OC(N)=C(C#N)C2c1ccc(-n2ccnc2)cc1. The maximum atomic E-state index is 9.93. The van der Waals surface area contributed by atoms with Crippen molar-refractivity contribution < 1.29 is 4.74 Å². The van der Waals surface area contributed by atoms with Gasteiger partial charge in [0.1, 0.15) is 17.3 Å². The fraction of sp³-hybridized carbons (Fsp3) is 0.130. The Hall–Kier alpha value is -4.38. The van der Waals surface area contributed by atoms with Gasteiger partial charge in [-0.2, -0.15) is 10.4 Å². The smallest absolute Gasteiger partial charge is 0.224 e. The van der Waals surface area contributed by atoms with Gasteiger partial charge in [0.2, 0.25) is 11.8 Å². The van der Waals surface area contributed by atoms with E-state index in [0.29, 0.717) is 29.4 Å². The van der Waals surface area contributed by atoms with Crippen LogP contribution in [-0.4, -0.2) is 24.3 Å². The number of benzene rings is 1. The van der Waals surface area contributed by atoms with E-state index in [4.69, 9.17) is 15.6 Å². The molecule has 152 valence electrons. The van der Waals surface area contributed by atoms with Crippen molar-refractivity contribution in [2.24, 2.45) is 5.73 Å². The van der Waals surface area contributed by atoms with Crippen molar-refractivity contribution in [1.82, 2.24) is 24.3 Å². The predicted molar refractivity (Wildman–Crippen MR) is 114 cm³/mol. The van der Waals surface area contributed by atoms with E-state index >= 15 is 0 Å². The third-order valence-electron chi connectivity index (χ3n) is 5.35.